The third-order valence-corrected chi connectivity index (χ3v) is 2.58. The highest BCUT2D eigenvalue weighted by Crippen LogP contribution is 2.12. The highest BCUT2D eigenvalue weighted by atomic mass is 35.5. The van der Waals surface area contributed by atoms with Crippen molar-refractivity contribution in [3.63, 3.8) is 0 Å². The van der Waals surface area contributed by atoms with E-state index in [4.69, 9.17) is 10.5 Å². The summed E-state index contributed by atoms with van der Waals surface area (Å²) in [6.07, 6.45) is -0.160. The monoisotopic (exact) mass is 315 g/mol. The molecule has 1 aromatic carbocycles. The molecule has 0 aliphatic rings. The van der Waals surface area contributed by atoms with E-state index in [1.807, 2.05) is 38.1 Å². The Hall–Kier alpha value is -1.79. The van der Waals surface area contributed by atoms with E-state index >= 15 is 0 Å². The first-order valence-corrected chi connectivity index (χ1v) is 6.48. The van der Waals surface area contributed by atoms with Crippen LogP contribution < -0.4 is 21.1 Å². The lowest BCUT2D eigenvalue weighted by molar-refractivity contribution is -0.125. The van der Waals surface area contributed by atoms with Crippen LogP contribution in [0.1, 0.15) is 12.5 Å². The number of hydrogen-bond donors (Lipinski definition) is 3. The van der Waals surface area contributed by atoms with Gasteiger partial charge in [0.15, 0.2) is 0 Å². The minimum atomic E-state index is -0.357. The van der Waals surface area contributed by atoms with Gasteiger partial charge in [-0.1, -0.05) is 17.7 Å². The fourth-order valence-electron chi connectivity index (χ4n) is 1.46. The maximum absolute atomic E-state index is 11.4. The summed E-state index contributed by atoms with van der Waals surface area (Å²) in [7, 11) is 0. The zero-order chi connectivity index (χ0) is 15.0. The molecule has 2 amide bonds. The van der Waals surface area contributed by atoms with E-state index in [0.29, 0.717) is 6.54 Å². The van der Waals surface area contributed by atoms with Crippen molar-refractivity contribution in [2.45, 2.75) is 20.0 Å². The van der Waals surface area contributed by atoms with E-state index in [2.05, 4.69) is 10.6 Å². The standard InChI is InChI=1S/C14H21N3O3.ClH/c1-10-3-5-12(6-4-10)20-11(2)8-16-14(19)9-17-13(18)7-15;/h3-6,11H,7-9,15H2,1-2H3,(H,16,19)(H,17,18);1H. The number of carbonyl (C=O) groups excluding carboxylic acids is 2. The summed E-state index contributed by atoms with van der Waals surface area (Å²) >= 11 is 0. The fraction of sp³-hybridized carbons (Fsp3) is 0.429. The van der Waals surface area contributed by atoms with Gasteiger partial charge in [-0.25, -0.2) is 0 Å². The van der Waals surface area contributed by atoms with Crippen LogP contribution in [-0.4, -0.2) is 37.6 Å². The predicted molar refractivity (Wildman–Crippen MR) is 83.6 cm³/mol. The lowest BCUT2D eigenvalue weighted by Gasteiger charge is -2.15. The maximum atomic E-state index is 11.4. The first-order valence-electron chi connectivity index (χ1n) is 6.48. The third-order valence-electron chi connectivity index (χ3n) is 2.58. The SMILES string of the molecule is Cc1ccc(OC(C)CNC(=O)CNC(=O)CN)cc1.Cl. The Labute approximate surface area is 130 Å². The Morgan fingerprint density at radius 1 is 1.19 bits per heavy atom. The number of benzene rings is 1. The zero-order valence-corrected chi connectivity index (χ0v) is 13.0. The van der Waals surface area contributed by atoms with Gasteiger partial charge in [-0.15, -0.1) is 12.4 Å². The molecule has 1 aromatic rings. The van der Waals surface area contributed by atoms with Crippen LogP contribution in [0.3, 0.4) is 0 Å². The first kappa shape index (κ1) is 19.2. The number of ether oxygens (including phenoxy) is 1. The Balaban J connectivity index is 0.00000400. The average molecular weight is 316 g/mol. The van der Waals surface area contributed by atoms with Crippen molar-refractivity contribution in [3.8, 4) is 5.75 Å². The van der Waals surface area contributed by atoms with E-state index in [1.54, 1.807) is 0 Å². The molecule has 0 aliphatic heterocycles. The van der Waals surface area contributed by atoms with Gasteiger partial charge in [0.1, 0.15) is 11.9 Å². The molecule has 0 bridgehead atoms. The van der Waals surface area contributed by atoms with Crippen LogP contribution in [0.5, 0.6) is 5.75 Å². The van der Waals surface area contributed by atoms with E-state index in [9.17, 15) is 9.59 Å². The van der Waals surface area contributed by atoms with Gasteiger partial charge in [0, 0.05) is 0 Å². The zero-order valence-electron chi connectivity index (χ0n) is 12.2. The average Bonchev–Trinajstić information content (AvgIpc) is 2.45. The number of nitrogens with one attached hydrogen (secondary N) is 2. The molecule has 0 saturated heterocycles. The molecule has 21 heavy (non-hydrogen) atoms. The van der Waals surface area contributed by atoms with E-state index in [1.165, 1.54) is 0 Å². The lowest BCUT2D eigenvalue weighted by Crippen LogP contribution is -2.42. The van der Waals surface area contributed by atoms with E-state index in [0.717, 1.165) is 11.3 Å². The second-order valence-corrected chi connectivity index (χ2v) is 4.53. The van der Waals surface area contributed by atoms with Crippen LogP contribution in [-0.2, 0) is 9.59 Å². The number of rotatable bonds is 7. The molecule has 0 aromatic heterocycles. The Bertz CT molecular complexity index is 451. The summed E-state index contributed by atoms with van der Waals surface area (Å²) in [5, 5.41) is 5.07. The largest absolute Gasteiger partial charge is 0.489 e. The van der Waals surface area contributed by atoms with Crippen LogP contribution in [0.25, 0.3) is 0 Å². The van der Waals surface area contributed by atoms with Crippen molar-refractivity contribution >= 4 is 24.2 Å². The second-order valence-electron chi connectivity index (χ2n) is 4.53. The van der Waals surface area contributed by atoms with Gasteiger partial charge in [0.05, 0.1) is 19.6 Å². The molecule has 4 N–H and O–H groups in total. The Morgan fingerprint density at radius 3 is 2.38 bits per heavy atom. The van der Waals surface area contributed by atoms with Gasteiger partial charge >= 0.3 is 0 Å². The topological polar surface area (TPSA) is 93.5 Å². The molecule has 1 rings (SSSR count). The quantitative estimate of drug-likeness (QED) is 0.678. The summed E-state index contributed by atoms with van der Waals surface area (Å²) < 4.78 is 5.64. The summed E-state index contributed by atoms with van der Waals surface area (Å²) in [5.74, 6) is 0.129. The minimum absolute atomic E-state index is 0. The van der Waals surface area contributed by atoms with E-state index < -0.39 is 0 Å². The Kier molecular flexibility index (Phi) is 9.16. The van der Waals surface area contributed by atoms with Crippen molar-refractivity contribution in [1.29, 1.82) is 0 Å². The molecule has 1 atom stereocenters. The molecule has 0 radical (unpaired) electrons. The molecule has 0 saturated carbocycles. The minimum Gasteiger partial charge on any atom is -0.489 e. The van der Waals surface area contributed by atoms with Crippen molar-refractivity contribution < 1.29 is 14.3 Å². The van der Waals surface area contributed by atoms with Crippen LogP contribution in [0.15, 0.2) is 24.3 Å². The number of halogens is 1. The van der Waals surface area contributed by atoms with Gasteiger partial charge in [0.2, 0.25) is 11.8 Å². The Morgan fingerprint density at radius 2 is 1.81 bits per heavy atom. The fourth-order valence-corrected chi connectivity index (χ4v) is 1.46. The summed E-state index contributed by atoms with van der Waals surface area (Å²) in [4.78, 5) is 22.3. The lowest BCUT2D eigenvalue weighted by atomic mass is 10.2. The molecule has 6 nitrogen and oxygen atoms in total. The molecular formula is C14H22ClN3O3. The van der Waals surface area contributed by atoms with Crippen molar-refractivity contribution in [1.82, 2.24) is 10.6 Å². The molecule has 0 spiro atoms. The number of amides is 2. The van der Waals surface area contributed by atoms with Crippen molar-refractivity contribution in [2.75, 3.05) is 19.6 Å². The highest BCUT2D eigenvalue weighted by molar-refractivity contribution is 5.85. The number of nitrogens with two attached hydrogens (primary N) is 1. The number of carbonyl (C=O) groups is 2. The van der Waals surface area contributed by atoms with E-state index in [-0.39, 0.29) is 43.4 Å². The molecule has 7 heteroatoms. The second kappa shape index (κ2) is 10.0. The van der Waals surface area contributed by atoms with Crippen LogP contribution >= 0.6 is 12.4 Å². The third kappa shape index (κ3) is 8.16. The van der Waals surface area contributed by atoms with Crippen molar-refractivity contribution in [3.05, 3.63) is 29.8 Å². The number of hydrogen-bond acceptors (Lipinski definition) is 4. The molecular weight excluding hydrogens is 294 g/mol. The normalized spacial score (nSPS) is 11.0. The maximum Gasteiger partial charge on any atom is 0.239 e. The number of aryl methyl sites for hydroxylation is 1. The summed E-state index contributed by atoms with van der Waals surface area (Å²) in [5.41, 5.74) is 6.27. The highest BCUT2D eigenvalue weighted by Gasteiger charge is 2.08. The molecule has 0 heterocycles. The molecule has 0 fully saturated rings. The van der Waals surface area contributed by atoms with Crippen LogP contribution in [0.2, 0.25) is 0 Å². The molecule has 0 aliphatic carbocycles. The predicted octanol–water partition coefficient (Wildman–Crippen LogP) is 0.375. The van der Waals surface area contributed by atoms with Crippen LogP contribution in [0.4, 0.5) is 0 Å². The van der Waals surface area contributed by atoms with Gasteiger partial charge in [0.25, 0.3) is 0 Å². The van der Waals surface area contributed by atoms with Gasteiger partial charge in [-0.2, -0.15) is 0 Å². The molecule has 1 unspecified atom stereocenters. The van der Waals surface area contributed by atoms with Gasteiger partial charge < -0.3 is 21.1 Å². The van der Waals surface area contributed by atoms with Gasteiger partial charge in [-0.3, -0.25) is 9.59 Å². The van der Waals surface area contributed by atoms with Gasteiger partial charge in [-0.05, 0) is 26.0 Å². The molecule has 118 valence electrons. The van der Waals surface area contributed by atoms with Crippen molar-refractivity contribution in [2.24, 2.45) is 5.73 Å². The smallest absolute Gasteiger partial charge is 0.239 e. The summed E-state index contributed by atoms with van der Waals surface area (Å²) in [6.45, 7) is 4.03. The summed E-state index contributed by atoms with van der Waals surface area (Å²) in [6, 6.07) is 7.69. The first-order chi connectivity index (χ1) is 9.51. The van der Waals surface area contributed by atoms with Crippen LogP contribution in [0, 0.1) is 6.92 Å².